The van der Waals surface area contributed by atoms with Crippen molar-refractivity contribution in [1.82, 2.24) is 0 Å². The molecule has 5 nitrogen and oxygen atoms in total. The van der Waals surface area contributed by atoms with E-state index in [0.717, 1.165) is 0 Å². The Morgan fingerprint density at radius 2 is 1.02 bits per heavy atom. The summed E-state index contributed by atoms with van der Waals surface area (Å²) in [4.78, 5) is 23.0. The minimum absolute atomic E-state index is 0.0861. The van der Waals surface area contributed by atoms with E-state index in [0.29, 0.717) is 0 Å². The van der Waals surface area contributed by atoms with Gasteiger partial charge in [-0.3, -0.25) is 0 Å². The lowest BCUT2D eigenvalue weighted by molar-refractivity contribution is -0.462. The first kappa shape index (κ1) is 39.0. The van der Waals surface area contributed by atoms with Crippen molar-refractivity contribution >= 4 is 28.6 Å². The molecular weight excluding hydrogens is 649 g/mol. The van der Waals surface area contributed by atoms with Gasteiger partial charge in [-0.1, -0.05) is 0 Å². The number of alkyl halides is 15. The Labute approximate surface area is 224 Å². The van der Waals surface area contributed by atoms with Crippen LogP contribution < -0.4 is 0 Å². The van der Waals surface area contributed by atoms with Crippen molar-refractivity contribution in [3.05, 3.63) is 12.2 Å². The predicted octanol–water partition coefficient (Wildman–Crippen LogP) is 6.99. The van der Waals surface area contributed by atoms with Crippen LogP contribution in [0.15, 0.2) is 12.2 Å². The Morgan fingerprint density at radius 3 is 1.41 bits per heavy atom. The fourth-order valence-corrected chi connectivity index (χ4v) is 10.1. The second-order valence-corrected chi connectivity index (χ2v) is 18.8. The molecule has 0 spiro atoms. The Morgan fingerprint density at radius 1 is 0.659 bits per heavy atom. The highest BCUT2D eigenvalue weighted by molar-refractivity contribution is 6.84. The van der Waals surface area contributed by atoms with Crippen LogP contribution in [0.5, 0.6) is 0 Å². The van der Waals surface area contributed by atoms with Crippen LogP contribution in [0.3, 0.4) is 0 Å². The molecule has 0 bridgehead atoms. The molecule has 0 saturated carbocycles. The molecule has 0 amide bonds. The first-order valence-corrected chi connectivity index (χ1v) is 17.2. The van der Waals surface area contributed by atoms with Gasteiger partial charge in [0.05, 0.1) is 0 Å². The minimum atomic E-state index is -8.46. The maximum atomic E-state index is 13.8. The molecule has 0 aliphatic carbocycles. The molecule has 22 heteroatoms. The van der Waals surface area contributed by atoms with Gasteiger partial charge in [-0.2, -0.15) is 61.5 Å². The maximum Gasteiger partial charge on any atom is 0.473 e. The van der Waals surface area contributed by atoms with E-state index in [-0.39, 0.29) is 6.08 Å². The van der Waals surface area contributed by atoms with Crippen LogP contribution in [0.25, 0.3) is 0 Å². The van der Waals surface area contributed by atoms with Gasteiger partial charge in [0.1, 0.15) is 6.23 Å². The third-order valence-corrected chi connectivity index (χ3v) is 10.1. The van der Waals surface area contributed by atoms with E-state index >= 15 is 0 Å². The zero-order valence-electron chi connectivity index (χ0n) is 21.6. The first-order valence-electron chi connectivity index (χ1n) is 10.7. The van der Waals surface area contributed by atoms with Crippen LogP contribution in [0.4, 0.5) is 65.9 Å². The van der Waals surface area contributed by atoms with Crippen LogP contribution >= 0.6 is 0 Å². The Kier molecular flexibility index (Phi) is 11.0. The van der Waals surface area contributed by atoms with Gasteiger partial charge in [0.2, 0.25) is 8.32 Å². The summed E-state index contributed by atoms with van der Waals surface area (Å²) in [5.74, 6) is -52.3. The van der Waals surface area contributed by atoms with Gasteiger partial charge in [0.15, 0.2) is 14.5 Å². The van der Waals surface area contributed by atoms with E-state index in [1.165, 1.54) is 0 Å². The van der Waals surface area contributed by atoms with Gasteiger partial charge in [-0.25, -0.2) is 14.0 Å². The van der Waals surface area contributed by atoms with E-state index in [9.17, 15) is 75.4 Å². The molecule has 0 heterocycles. The fourth-order valence-electron chi connectivity index (χ4n) is 2.75. The van der Waals surface area contributed by atoms with Gasteiger partial charge in [0.25, 0.3) is 0 Å². The zero-order chi connectivity index (χ0) is 33.5. The maximum absolute atomic E-state index is 13.8. The third-order valence-electron chi connectivity index (χ3n) is 4.59. The molecule has 1 atom stereocenters. The SMILES string of the molecule is CC(F)C(F)(F)C(F)(F)C(F)(F)C(F)(F)C(F)(F)C(F)(F)C(F)(F)OC(=O)C=CC(=O)OC[Si](C)(C)O[Si](C)(C)C. The van der Waals surface area contributed by atoms with E-state index in [4.69, 9.17) is 4.12 Å². The Bertz CT molecular complexity index is 992. The second-order valence-electron chi connectivity index (χ2n) is 9.96. The molecule has 0 fully saturated rings. The van der Waals surface area contributed by atoms with Crippen molar-refractivity contribution < 1.29 is 89.0 Å². The number of hydrogen-bond acceptors (Lipinski definition) is 5. The van der Waals surface area contributed by atoms with Crippen molar-refractivity contribution in [1.29, 1.82) is 0 Å². The number of rotatable bonds is 14. The van der Waals surface area contributed by atoms with Gasteiger partial charge < -0.3 is 13.6 Å². The second kappa shape index (κ2) is 11.6. The van der Waals surface area contributed by atoms with E-state index in [2.05, 4.69) is 9.47 Å². The number of halogens is 15. The lowest BCUT2D eigenvalue weighted by Gasteiger charge is -2.42. The summed E-state index contributed by atoms with van der Waals surface area (Å²) in [5.41, 5.74) is 0. The average Bonchev–Trinajstić information content (AvgIpc) is 2.73. The number of carbonyl (C=O) groups excluding carboxylic acids is 2. The lowest BCUT2D eigenvalue weighted by Crippen LogP contribution is -2.74. The standard InChI is InChI=1S/C19H23F15O5Si2/c1-10(20)13(21,22)14(23,24)15(25,26)16(27,28)17(29,30)18(31,32)19(33,34)38-12(36)8-7-11(35)37-9-41(5,6)39-40(2,3)4/h7-8,10H,9H2,1-6H3. The molecule has 0 aliphatic rings. The molecule has 1 unspecified atom stereocenters. The topological polar surface area (TPSA) is 61.8 Å². The molecule has 0 radical (unpaired) electrons. The molecule has 0 aliphatic heterocycles. The quantitative estimate of drug-likeness (QED) is 0.0863. The summed E-state index contributed by atoms with van der Waals surface area (Å²) < 4.78 is 216. The minimum Gasteiger partial charge on any atom is -0.463 e. The fraction of sp³-hybridized carbons (Fsp3) is 0.789. The molecule has 0 aromatic rings. The molecule has 0 aromatic heterocycles. The number of ether oxygens (including phenoxy) is 2. The van der Waals surface area contributed by atoms with Gasteiger partial charge in [0, 0.05) is 12.2 Å². The number of carbonyl (C=O) groups is 2. The largest absolute Gasteiger partial charge is 0.473 e. The summed E-state index contributed by atoms with van der Waals surface area (Å²) >= 11 is 0. The highest BCUT2D eigenvalue weighted by atomic mass is 28.4. The van der Waals surface area contributed by atoms with Crippen LogP contribution in [-0.2, 0) is 23.2 Å². The summed E-state index contributed by atoms with van der Waals surface area (Å²) in [6, 6.07) is 0. The van der Waals surface area contributed by atoms with E-state index in [1.54, 1.807) is 32.7 Å². The van der Waals surface area contributed by atoms with Crippen molar-refractivity contribution in [2.45, 2.75) is 87.5 Å². The predicted molar refractivity (Wildman–Crippen MR) is 113 cm³/mol. The monoisotopic (exact) mass is 672 g/mol. The summed E-state index contributed by atoms with van der Waals surface area (Å²) in [6.45, 7) is 7.81. The summed E-state index contributed by atoms with van der Waals surface area (Å²) in [6.07, 6.45) is -12.7. The van der Waals surface area contributed by atoms with Gasteiger partial charge >= 0.3 is 53.6 Å². The van der Waals surface area contributed by atoms with Gasteiger partial charge in [-0.05, 0) is 39.7 Å². The molecule has 0 aromatic carbocycles. The molecule has 0 N–H and O–H groups in total. The number of esters is 2. The van der Waals surface area contributed by atoms with Gasteiger partial charge in [-0.15, -0.1) is 0 Å². The van der Waals surface area contributed by atoms with Crippen molar-refractivity contribution in [3.8, 4) is 0 Å². The third kappa shape index (κ3) is 7.71. The number of hydrogen-bond donors (Lipinski definition) is 0. The first-order chi connectivity index (χ1) is 17.6. The molecular formula is C19H23F15O5Si2. The van der Waals surface area contributed by atoms with Crippen molar-refractivity contribution in [2.75, 3.05) is 6.23 Å². The Hall–Kier alpha value is -1.98. The van der Waals surface area contributed by atoms with Crippen LogP contribution in [0.2, 0.25) is 32.7 Å². The smallest absolute Gasteiger partial charge is 0.463 e. The Balaban J connectivity index is 5.99. The molecule has 0 saturated heterocycles. The molecule has 242 valence electrons. The van der Waals surface area contributed by atoms with E-state index < -0.39 is 95.6 Å². The highest BCUT2D eigenvalue weighted by Gasteiger charge is 2.94. The van der Waals surface area contributed by atoms with Crippen LogP contribution in [-0.4, -0.2) is 82.6 Å². The molecule has 41 heavy (non-hydrogen) atoms. The lowest BCUT2D eigenvalue weighted by atomic mass is 9.90. The zero-order valence-corrected chi connectivity index (χ0v) is 23.6. The van der Waals surface area contributed by atoms with Crippen molar-refractivity contribution in [2.24, 2.45) is 0 Å². The van der Waals surface area contributed by atoms with Crippen molar-refractivity contribution in [3.63, 3.8) is 0 Å². The normalized spacial score (nSPS) is 16.1. The highest BCUT2D eigenvalue weighted by Crippen LogP contribution is 2.62. The van der Waals surface area contributed by atoms with Crippen LogP contribution in [0.1, 0.15) is 6.92 Å². The average molecular weight is 673 g/mol. The molecule has 0 rings (SSSR count). The van der Waals surface area contributed by atoms with E-state index in [1.807, 2.05) is 0 Å². The summed E-state index contributed by atoms with van der Waals surface area (Å²) in [5, 5.41) is 0. The van der Waals surface area contributed by atoms with Crippen LogP contribution in [0, 0.1) is 0 Å². The summed E-state index contributed by atoms with van der Waals surface area (Å²) in [7, 11) is -4.84.